The van der Waals surface area contributed by atoms with E-state index in [1.54, 1.807) is 37.7 Å². The second-order valence-electron chi connectivity index (χ2n) is 6.57. The molecule has 152 valence electrons. The number of hydrogen-bond donors (Lipinski definition) is 1. The summed E-state index contributed by atoms with van der Waals surface area (Å²) in [5, 5.41) is 9.83. The molecule has 29 heavy (non-hydrogen) atoms. The van der Waals surface area contributed by atoms with Gasteiger partial charge in [0.1, 0.15) is 0 Å². The van der Waals surface area contributed by atoms with E-state index in [1.165, 1.54) is 12.1 Å². The standard InChI is InChI=1S/C20H21N3O4S2/c1-14(2)29(25,26)17-10-8-15(9-11-17)12-18(24)21-20-23-22-19(27-20)13-28-16-6-4-3-5-7-16/h3-11,14H,12-13H2,1-2H3,(H,21,23,24). The van der Waals surface area contributed by atoms with Crippen molar-refractivity contribution in [3.8, 4) is 0 Å². The molecule has 0 atom stereocenters. The molecule has 1 N–H and O–H groups in total. The molecule has 1 amide bonds. The molecule has 0 saturated carbocycles. The topological polar surface area (TPSA) is 102 Å². The average molecular weight is 432 g/mol. The van der Waals surface area contributed by atoms with Gasteiger partial charge in [-0.05, 0) is 43.7 Å². The Morgan fingerprint density at radius 1 is 1.07 bits per heavy atom. The van der Waals surface area contributed by atoms with Crippen LogP contribution in [-0.2, 0) is 26.8 Å². The van der Waals surface area contributed by atoms with E-state index in [0.717, 1.165) is 4.90 Å². The number of thioether (sulfide) groups is 1. The molecule has 0 unspecified atom stereocenters. The van der Waals surface area contributed by atoms with Gasteiger partial charge in [0.15, 0.2) is 9.84 Å². The number of amides is 1. The third-order valence-corrected chi connectivity index (χ3v) is 7.22. The lowest BCUT2D eigenvalue weighted by Crippen LogP contribution is -2.16. The number of carbonyl (C=O) groups excluding carboxylic acids is 1. The van der Waals surface area contributed by atoms with Crippen molar-refractivity contribution in [1.82, 2.24) is 10.2 Å². The molecule has 9 heteroatoms. The minimum absolute atomic E-state index is 0.0395. The predicted molar refractivity (Wildman–Crippen MR) is 111 cm³/mol. The van der Waals surface area contributed by atoms with Crippen LogP contribution in [0.3, 0.4) is 0 Å². The molecule has 0 fully saturated rings. The first kappa shape index (κ1) is 21.1. The zero-order valence-electron chi connectivity index (χ0n) is 16.0. The van der Waals surface area contributed by atoms with Crippen LogP contribution >= 0.6 is 11.8 Å². The molecule has 7 nitrogen and oxygen atoms in total. The number of rotatable bonds is 8. The van der Waals surface area contributed by atoms with Crippen LogP contribution in [0.15, 0.2) is 68.8 Å². The summed E-state index contributed by atoms with van der Waals surface area (Å²) in [5.74, 6) is 0.589. The van der Waals surface area contributed by atoms with E-state index in [9.17, 15) is 13.2 Å². The summed E-state index contributed by atoms with van der Waals surface area (Å²) in [6, 6.07) is 16.2. The number of hydrogen-bond acceptors (Lipinski definition) is 7. The summed E-state index contributed by atoms with van der Waals surface area (Å²) in [6.45, 7) is 3.27. The zero-order valence-corrected chi connectivity index (χ0v) is 17.7. The zero-order chi connectivity index (χ0) is 20.9. The fourth-order valence-electron chi connectivity index (χ4n) is 2.44. The normalized spacial score (nSPS) is 11.6. The third kappa shape index (κ3) is 5.68. The van der Waals surface area contributed by atoms with Gasteiger partial charge in [-0.1, -0.05) is 35.4 Å². The van der Waals surface area contributed by atoms with Crippen LogP contribution < -0.4 is 5.32 Å². The van der Waals surface area contributed by atoms with Crippen molar-refractivity contribution >= 4 is 33.5 Å². The van der Waals surface area contributed by atoms with Gasteiger partial charge in [0, 0.05) is 4.90 Å². The van der Waals surface area contributed by atoms with Gasteiger partial charge in [-0.3, -0.25) is 10.1 Å². The molecular weight excluding hydrogens is 410 g/mol. The molecular formula is C20H21N3O4S2. The largest absolute Gasteiger partial charge is 0.407 e. The summed E-state index contributed by atoms with van der Waals surface area (Å²) in [5.41, 5.74) is 0.685. The molecule has 1 heterocycles. The second-order valence-corrected chi connectivity index (χ2v) is 10.1. The smallest absolute Gasteiger partial charge is 0.322 e. The number of anilines is 1. The minimum Gasteiger partial charge on any atom is -0.407 e. The van der Waals surface area contributed by atoms with Crippen LogP contribution in [0.2, 0.25) is 0 Å². The molecule has 0 bridgehead atoms. The van der Waals surface area contributed by atoms with E-state index in [2.05, 4.69) is 15.5 Å². The van der Waals surface area contributed by atoms with Gasteiger partial charge < -0.3 is 4.42 Å². The number of aromatic nitrogens is 2. The van der Waals surface area contributed by atoms with Crippen molar-refractivity contribution in [2.45, 2.75) is 41.1 Å². The van der Waals surface area contributed by atoms with Gasteiger partial charge in [0.05, 0.1) is 22.3 Å². The lowest BCUT2D eigenvalue weighted by molar-refractivity contribution is -0.115. The van der Waals surface area contributed by atoms with Crippen molar-refractivity contribution in [3.05, 3.63) is 66.1 Å². The molecule has 0 radical (unpaired) electrons. The fraction of sp³-hybridized carbons (Fsp3) is 0.250. The highest BCUT2D eigenvalue weighted by Gasteiger charge is 2.19. The highest BCUT2D eigenvalue weighted by molar-refractivity contribution is 7.98. The fourth-order valence-corrected chi connectivity index (χ4v) is 4.26. The Hall–Kier alpha value is -2.65. The van der Waals surface area contributed by atoms with Crippen molar-refractivity contribution < 1.29 is 17.6 Å². The molecule has 1 aromatic heterocycles. The molecule has 0 aliphatic rings. The SMILES string of the molecule is CC(C)S(=O)(=O)c1ccc(CC(=O)Nc2nnc(CSc3ccccc3)o2)cc1. The Balaban J connectivity index is 1.54. The van der Waals surface area contributed by atoms with Crippen LogP contribution in [0, 0.1) is 0 Å². The van der Waals surface area contributed by atoms with Gasteiger partial charge in [-0.15, -0.1) is 16.9 Å². The van der Waals surface area contributed by atoms with E-state index in [1.807, 2.05) is 30.3 Å². The second kappa shape index (κ2) is 9.23. The number of nitrogens with zero attached hydrogens (tertiary/aromatic N) is 2. The van der Waals surface area contributed by atoms with Crippen molar-refractivity contribution in [2.24, 2.45) is 0 Å². The summed E-state index contributed by atoms with van der Waals surface area (Å²) in [6.07, 6.45) is 0.0679. The predicted octanol–water partition coefficient (Wildman–Crippen LogP) is 3.73. The lowest BCUT2D eigenvalue weighted by Gasteiger charge is -2.08. The quantitative estimate of drug-likeness (QED) is 0.542. The van der Waals surface area contributed by atoms with Crippen molar-refractivity contribution in [2.75, 3.05) is 5.32 Å². The first-order valence-corrected chi connectivity index (χ1v) is 11.5. The Morgan fingerprint density at radius 2 is 1.76 bits per heavy atom. The van der Waals surface area contributed by atoms with E-state index in [-0.39, 0.29) is 23.2 Å². The van der Waals surface area contributed by atoms with Gasteiger partial charge in [0.25, 0.3) is 0 Å². The van der Waals surface area contributed by atoms with E-state index in [4.69, 9.17) is 4.42 Å². The number of benzene rings is 2. The Morgan fingerprint density at radius 3 is 2.41 bits per heavy atom. The maximum absolute atomic E-state index is 12.2. The van der Waals surface area contributed by atoms with Gasteiger partial charge >= 0.3 is 6.01 Å². The van der Waals surface area contributed by atoms with E-state index >= 15 is 0 Å². The van der Waals surface area contributed by atoms with Gasteiger partial charge in [-0.25, -0.2) is 8.42 Å². The number of nitrogens with one attached hydrogen (secondary N) is 1. The van der Waals surface area contributed by atoms with Crippen molar-refractivity contribution in [3.63, 3.8) is 0 Å². The highest BCUT2D eigenvalue weighted by Crippen LogP contribution is 2.22. The molecule has 0 saturated heterocycles. The van der Waals surface area contributed by atoms with Crippen LogP contribution in [0.1, 0.15) is 25.3 Å². The van der Waals surface area contributed by atoms with Crippen molar-refractivity contribution in [1.29, 1.82) is 0 Å². The van der Waals surface area contributed by atoms with Crippen LogP contribution in [0.5, 0.6) is 0 Å². The van der Waals surface area contributed by atoms with Crippen LogP contribution in [0.4, 0.5) is 6.01 Å². The minimum atomic E-state index is -3.33. The van der Waals surface area contributed by atoms with Gasteiger partial charge in [-0.2, -0.15) is 0 Å². The van der Waals surface area contributed by atoms with Crippen LogP contribution in [-0.4, -0.2) is 29.8 Å². The van der Waals surface area contributed by atoms with E-state index in [0.29, 0.717) is 17.2 Å². The summed E-state index contributed by atoms with van der Waals surface area (Å²) in [4.78, 5) is 13.5. The van der Waals surface area contributed by atoms with Gasteiger partial charge in [0.2, 0.25) is 11.8 Å². The molecule has 0 aliphatic carbocycles. The number of sulfone groups is 1. The Labute approximate surface area is 173 Å². The monoisotopic (exact) mass is 431 g/mol. The summed E-state index contributed by atoms with van der Waals surface area (Å²) >= 11 is 1.56. The first-order chi connectivity index (χ1) is 13.8. The molecule has 0 aliphatic heterocycles. The summed E-state index contributed by atoms with van der Waals surface area (Å²) < 4.78 is 29.7. The first-order valence-electron chi connectivity index (χ1n) is 8.97. The van der Waals surface area contributed by atoms with E-state index < -0.39 is 15.1 Å². The molecule has 3 rings (SSSR count). The molecule has 0 spiro atoms. The highest BCUT2D eigenvalue weighted by atomic mass is 32.2. The molecule has 2 aromatic carbocycles. The third-order valence-electron chi connectivity index (χ3n) is 4.06. The maximum atomic E-state index is 12.2. The lowest BCUT2D eigenvalue weighted by atomic mass is 10.1. The van der Waals surface area contributed by atoms with Crippen LogP contribution in [0.25, 0.3) is 0 Å². The Kier molecular flexibility index (Phi) is 6.71. The molecule has 3 aromatic rings. The summed E-state index contributed by atoms with van der Waals surface area (Å²) in [7, 11) is -3.33. The maximum Gasteiger partial charge on any atom is 0.322 e. The Bertz CT molecular complexity index is 1060. The average Bonchev–Trinajstić information content (AvgIpc) is 3.14. The number of carbonyl (C=O) groups is 1.